The number of sulfonamides is 1. The Balaban J connectivity index is 1.83. The number of anilines is 1. The molecule has 8 nitrogen and oxygen atoms in total. The zero-order chi connectivity index (χ0) is 14.9. The number of nitrogens with two attached hydrogens (primary N) is 1. The normalized spacial score (nSPS) is 17.1. The highest BCUT2D eigenvalue weighted by Gasteiger charge is 2.28. The van der Waals surface area contributed by atoms with Crippen LogP contribution in [-0.2, 0) is 10.0 Å². The Labute approximate surface area is 121 Å². The molecule has 2 heterocycles. The summed E-state index contributed by atoms with van der Waals surface area (Å²) in [7, 11) is -3.73. The van der Waals surface area contributed by atoms with E-state index in [0.29, 0.717) is 5.75 Å². The Morgan fingerprint density at radius 1 is 1.24 bits per heavy atom. The van der Waals surface area contributed by atoms with E-state index in [2.05, 4.69) is 20.1 Å². The molecule has 110 valence electrons. The van der Waals surface area contributed by atoms with Crippen LogP contribution in [0.2, 0.25) is 0 Å². The molecule has 1 aliphatic rings. The SMILES string of the molecule is NNc1ncc(S(=O)(=O)NC2COc3ccccc32)cn1. The van der Waals surface area contributed by atoms with E-state index >= 15 is 0 Å². The summed E-state index contributed by atoms with van der Waals surface area (Å²) in [6.45, 7) is 0.252. The van der Waals surface area contributed by atoms with Crippen molar-refractivity contribution in [2.45, 2.75) is 10.9 Å². The van der Waals surface area contributed by atoms with Gasteiger partial charge in [0.15, 0.2) is 0 Å². The maximum atomic E-state index is 12.3. The van der Waals surface area contributed by atoms with Gasteiger partial charge in [0, 0.05) is 5.56 Å². The molecule has 1 aliphatic heterocycles. The molecule has 1 unspecified atom stereocenters. The van der Waals surface area contributed by atoms with Crippen LogP contribution in [0.25, 0.3) is 0 Å². The monoisotopic (exact) mass is 307 g/mol. The first-order valence-corrected chi connectivity index (χ1v) is 7.61. The van der Waals surface area contributed by atoms with E-state index in [9.17, 15) is 8.42 Å². The molecule has 1 aromatic heterocycles. The molecule has 0 aliphatic carbocycles. The van der Waals surface area contributed by atoms with Crippen LogP contribution in [0, 0.1) is 0 Å². The summed E-state index contributed by atoms with van der Waals surface area (Å²) >= 11 is 0. The number of hydrazine groups is 1. The smallest absolute Gasteiger partial charge is 0.244 e. The van der Waals surface area contributed by atoms with Crippen LogP contribution < -0.4 is 20.7 Å². The van der Waals surface area contributed by atoms with Crippen LogP contribution in [-0.4, -0.2) is 25.0 Å². The maximum Gasteiger partial charge on any atom is 0.244 e. The first kappa shape index (κ1) is 13.7. The maximum absolute atomic E-state index is 12.3. The standard InChI is InChI=1S/C12H13N5O3S/c13-16-12-14-5-8(6-15-12)21(18,19)17-10-7-20-11-4-2-1-3-9(10)11/h1-6,10,17H,7,13H2,(H,14,15,16). The van der Waals surface area contributed by atoms with Crippen LogP contribution in [0.4, 0.5) is 5.95 Å². The summed E-state index contributed by atoms with van der Waals surface area (Å²) < 4.78 is 32.6. The van der Waals surface area contributed by atoms with Crippen LogP contribution in [0.1, 0.15) is 11.6 Å². The molecule has 1 aromatic carbocycles. The lowest BCUT2D eigenvalue weighted by atomic mass is 10.1. The van der Waals surface area contributed by atoms with Crippen LogP contribution in [0.3, 0.4) is 0 Å². The summed E-state index contributed by atoms with van der Waals surface area (Å²) in [5.74, 6) is 5.96. The topological polar surface area (TPSA) is 119 Å². The van der Waals surface area contributed by atoms with Gasteiger partial charge in [-0.05, 0) is 6.07 Å². The Hall–Kier alpha value is -2.23. The van der Waals surface area contributed by atoms with Crippen molar-refractivity contribution in [3.63, 3.8) is 0 Å². The predicted octanol–water partition coefficient (Wildman–Crippen LogP) is 0.174. The molecule has 0 radical (unpaired) electrons. The Bertz CT molecular complexity index is 748. The molecule has 1 atom stereocenters. The molecule has 0 fully saturated rings. The lowest BCUT2D eigenvalue weighted by Crippen LogP contribution is -2.29. The van der Waals surface area contributed by atoms with Crippen molar-refractivity contribution in [2.75, 3.05) is 12.0 Å². The largest absolute Gasteiger partial charge is 0.491 e. The number of rotatable bonds is 4. The van der Waals surface area contributed by atoms with Crippen molar-refractivity contribution in [1.29, 1.82) is 0 Å². The van der Waals surface area contributed by atoms with Crippen molar-refractivity contribution in [3.05, 3.63) is 42.2 Å². The van der Waals surface area contributed by atoms with Gasteiger partial charge in [-0.3, -0.25) is 5.43 Å². The molecule has 0 bridgehead atoms. The summed E-state index contributed by atoms with van der Waals surface area (Å²) in [5, 5.41) is 0. The van der Waals surface area contributed by atoms with E-state index in [1.807, 2.05) is 18.2 Å². The lowest BCUT2D eigenvalue weighted by molar-refractivity contribution is 0.325. The molecule has 0 spiro atoms. The number of benzene rings is 1. The van der Waals surface area contributed by atoms with E-state index in [4.69, 9.17) is 10.6 Å². The first-order chi connectivity index (χ1) is 10.1. The van der Waals surface area contributed by atoms with E-state index in [-0.39, 0.29) is 17.5 Å². The average Bonchev–Trinajstić information content (AvgIpc) is 2.90. The molecular weight excluding hydrogens is 294 g/mol. The quantitative estimate of drug-likeness (QED) is 0.544. The Morgan fingerprint density at radius 3 is 2.67 bits per heavy atom. The zero-order valence-electron chi connectivity index (χ0n) is 10.9. The first-order valence-electron chi connectivity index (χ1n) is 6.13. The second-order valence-corrected chi connectivity index (χ2v) is 6.12. The van der Waals surface area contributed by atoms with Gasteiger partial charge in [0.25, 0.3) is 0 Å². The number of hydrogen-bond donors (Lipinski definition) is 3. The zero-order valence-corrected chi connectivity index (χ0v) is 11.7. The van der Waals surface area contributed by atoms with Gasteiger partial charge in [-0.2, -0.15) is 4.72 Å². The second kappa shape index (κ2) is 5.28. The predicted molar refractivity (Wildman–Crippen MR) is 74.8 cm³/mol. The molecule has 0 saturated heterocycles. The van der Waals surface area contributed by atoms with Gasteiger partial charge in [0.1, 0.15) is 17.3 Å². The molecule has 0 saturated carbocycles. The minimum atomic E-state index is -3.73. The number of fused-ring (bicyclic) bond motifs is 1. The second-order valence-electron chi connectivity index (χ2n) is 4.41. The third kappa shape index (κ3) is 2.66. The third-order valence-electron chi connectivity index (χ3n) is 3.06. The van der Waals surface area contributed by atoms with Gasteiger partial charge in [0.2, 0.25) is 16.0 Å². The lowest BCUT2D eigenvalue weighted by Gasteiger charge is -2.12. The summed E-state index contributed by atoms with van der Waals surface area (Å²) in [6, 6.07) is 6.86. The average molecular weight is 307 g/mol. The highest BCUT2D eigenvalue weighted by atomic mass is 32.2. The fraction of sp³-hybridized carbons (Fsp3) is 0.167. The number of ether oxygens (including phenoxy) is 1. The minimum Gasteiger partial charge on any atom is -0.491 e. The van der Waals surface area contributed by atoms with Crippen molar-refractivity contribution < 1.29 is 13.2 Å². The van der Waals surface area contributed by atoms with Crippen molar-refractivity contribution in [2.24, 2.45) is 5.84 Å². The van der Waals surface area contributed by atoms with Gasteiger partial charge in [-0.15, -0.1) is 0 Å². The number of nitrogen functional groups attached to an aromatic ring is 1. The summed E-state index contributed by atoms with van der Waals surface area (Å²) in [6.07, 6.45) is 2.37. The van der Waals surface area contributed by atoms with E-state index < -0.39 is 16.1 Å². The van der Waals surface area contributed by atoms with E-state index in [0.717, 1.165) is 5.56 Å². The molecule has 9 heteroatoms. The molecular formula is C12H13N5O3S. The van der Waals surface area contributed by atoms with Crippen molar-refractivity contribution in [1.82, 2.24) is 14.7 Å². The van der Waals surface area contributed by atoms with E-state index in [1.54, 1.807) is 6.07 Å². The number of hydrogen-bond acceptors (Lipinski definition) is 7. The highest BCUT2D eigenvalue weighted by molar-refractivity contribution is 7.89. The van der Waals surface area contributed by atoms with E-state index in [1.165, 1.54) is 12.4 Å². The Morgan fingerprint density at radius 2 is 1.95 bits per heavy atom. The third-order valence-corrected chi connectivity index (χ3v) is 4.49. The molecule has 0 amide bonds. The minimum absolute atomic E-state index is 0.0362. The van der Waals surface area contributed by atoms with Gasteiger partial charge in [0.05, 0.1) is 18.4 Å². The van der Waals surface area contributed by atoms with Crippen LogP contribution in [0.5, 0.6) is 5.75 Å². The Kier molecular flexibility index (Phi) is 3.45. The number of nitrogens with zero attached hydrogens (tertiary/aromatic N) is 2. The van der Waals surface area contributed by atoms with Crippen molar-refractivity contribution in [3.8, 4) is 5.75 Å². The van der Waals surface area contributed by atoms with Gasteiger partial charge < -0.3 is 4.74 Å². The van der Waals surface area contributed by atoms with Crippen LogP contribution in [0.15, 0.2) is 41.6 Å². The fourth-order valence-corrected chi connectivity index (χ4v) is 3.13. The fourth-order valence-electron chi connectivity index (χ4n) is 2.05. The summed E-state index contributed by atoms with van der Waals surface area (Å²) in [4.78, 5) is 7.53. The molecule has 2 aromatic rings. The van der Waals surface area contributed by atoms with Gasteiger partial charge in [-0.1, -0.05) is 18.2 Å². The van der Waals surface area contributed by atoms with Gasteiger partial charge in [-0.25, -0.2) is 24.2 Å². The summed E-state index contributed by atoms with van der Waals surface area (Å²) in [5.41, 5.74) is 3.04. The molecule has 3 rings (SSSR count). The van der Waals surface area contributed by atoms with Crippen LogP contribution >= 0.6 is 0 Å². The number of para-hydroxylation sites is 1. The van der Waals surface area contributed by atoms with Gasteiger partial charge >= 0.3 is 0 Å². The highest BCUT2D eigenvalue weighted by Crippen LogP contribution is 2.32. The molecule has 4 N–H and O–H groups in total. The molecule has 21 heavy (non-hydrogen) atoms. The number of nitrogens with one attached hydrogen (secondary N) is 2. The van der Waals surface area contributed by atoms with Crippen molar-refractivity contribution >= 4 is 16.0 Å². The number of aromatic nitrogens is 2.